The van der Waals surface area contributed by atoms with Crippen molar-refractivity contribution in [1.82, 2.24) is 4.98 Å². The van der Waals surface area contributed by atoms with E-state index in [2.05, 4.69) is 4.98 Å². The highest BCUT2D eigenvalue weighted by molar-refractivity contribution is 6.30. The van der Waals surface area contributed by atoms with E-state index < -0.39 is 41.0 Å². The average molecular weight is 690 g/mol. The Labute approximate surface area is 283 Å². The van der Waals surface area contributed by atoms with Crippen LogP contribution in [-0.2, 0) is 6.18 Å². The molecule has 9 aromatic rings. The minimum absolute atomic E-state index is 0.0383. The van der Waals surface area contributed by atoms with Gasteiger partial charge in [-0.1, -0.05) is 72.8 Å². The van der Waals surface area contributed by atoms with Crippen molar-refractivity contribution in [2.24, 2.45) is 0 Å². The van der Waals surface area contributed by atoms with Crippen molar-refractivity contribution in [3.63, 3.8) is 0 Å². The average Bonchev–Trinajstić information content (AvgIpc) is 3.11. The Bertz CT molecular complexity index is 2870. The Kier molecular flexibility index (Phi) is 6.64. The second-order valence-corrected chi connectivity index (χ2v) is 12.4. The van der Waals surface area contributed by atoms with Crippen molar-refractivity contribution < 1.29 is 35.1 Å². The first-order valence-electron chi connectivity index (χ1n) is 15.7. The lowest BCUT2D eigenvalue weighted by molar-refractivity contribution is -0.141. The van der Waals surface area contributed by atoms with E-state index in [1.54, 1.807) is 42.5 Å². The minimum atomic E-state index is -4.64. The van der Waals surface area contributed by atoms with Crippen LogP contribution in [0, 0.1) is 29.1 Å². The summed E-state index contributed by atoms with van der Waals surface area (Å²) in [6.07, 6.45) is -3.51. The van der Waals surface area contributed by atoms with Crippen molar-refractivity contribution in [3.8, 4) is 33.4 Å². The summed E-state index contributed by atoms with van der Waals surface area (Å²) in [5.74, 6) is -5.48. The Balaban J connectivity index is 1.38. The first-order valence-corrected chi connectivity index (χ1v) is 15.7. The number of halogens is 8. The van der Waals surface area contributed by atoms with Gasteiger partial charge < -0.3 is 0 Å². The second-order valence-electron chi connectivity index (χ2n) is 12.4. The first-order chi connectivity index (χ1) is 24.5. The van der Waals surface area contributed by atoms with Gasteiger partial charge in [-0.05, 0) is 107 Å². The molecule has 1 nitrogen and oxygen atoms in total. The molecule has 8 aromatic carbocycles. The van der Waals surface area contributed by atoms with Gasteiger partial charge in [-0.15, -0.1) is 0 Å². The standard InChI is InChI=1S/C42H19F8N/c43-23-8-11-29-31(17-23)37(21-7-14-36(51-19-21)42(48,49)50)25-3-1-2-4-26(25)39(29)27-12-13-30-33(44)18-32-24(22-15-34(45)41(47)35(46)16-22)9-5-20-6-10-28(27)40(30)38(20)32/h1-19H. The SMILES string of the molecule is Fc1ccc2c(-c3ccc4c(F)cc5c(-c6cc(F)c(F)c(F)c6)ccc6ccc3c4c65)c3ccccc3c(-c3ccc(C(F)(F)F)nc3)c2c1. The van der Waals surface area contributed by atoms with E-state index in [4.69, 9.17) is 0 Å². The summed E-state index contributed by atoms with van der Waals surface area (Å²) in [4.78, 5) is 3.67. The van der Waals surface area contributed by atoms with Crippen molar-refractivity contribution in [2.45, 2.75) is 6.18 Å². The number of hydrogen-bond donors (Lipinski definition) is 0. The van der Waals surface area contributed by atoms with E-state index in [9.17, 15) is 26.3 Å². The zero-order valence-electron chi connectivity index (χ0n) is 25.9. The van der Waals surface area contributed by atoms with E-state index in [0.717, 1.165) is 29.8 Å². The monoisotopic (exact) mass is 689 g/mol. The third-order valence-electron chi connectivity index (χ3n) is 9.62. The molecule has 1 heterocycles. The minimum Gasteiger partial charge on any atom is -0.251 e. The lowest BCUT2D eigenvalue weighted by Gasteiger charge is -2.21. The molecule has 0 aliphatic carbocycles. The normalized spacial score (nSPS) is 12.3. The highest BCUT2D eigenvalue weighted by atomic mass is 19.4. The highest BCUT2D eigenvalue weighted by Crippen LogP contribution is 2.48. The Morgan fingerprint density at radius 2 is 1.10 bits per heavy atom. The number of hydrogen-bond acceptors (Lipinski definition) is 1. The molecule has 0 N–H and O–H groups in total. The van der Waals surface area contributed by atoms with Crippen LogP contribution in [0.1, 0.15) is 5.69 Å². The molecule has 0 amide bonds. The maximum Gasteiger partial charge on any atom is 0.433 e. The van der Waals surface area contributed by atoms with Gasteiger partial charge in [-0.2, -0.15) is 13.2 Å². The summed E-state index contributed by atoms with van der Waals surface area (Å²) in [5.41, 5.74) is 1.51. The van der Waals surface area contributed by atoms with Gasteiger partial charge in [0, 0.05) is 22.5 Å². The van der Waals surface area contributed by atoms with E-state index >= 15 is 8.78 Å². The molecular formula is C42H19F8N. The van der Waals surface area contributed by atoms with E-state index in [1.165, 1.54) is 24.3 Å². The Hall–Kier alpha value is -6.09. The van der Waals surface area contributed by atoms with Crippen LogP contribution in [0.3, 0.4) is 0 Å². The summed E-state index contributed by atoms with van der Waals surface area (Å²) in [5, 5.41) is 5.57. The van der Waals surface area contributed by atoms with Crippen LogP contribution in [0.2, 0.25) is 0 Å². The molecule has 0 fully saturated rings. The fourth-order valence-electron chi connectivity index (χ4n) is 7.48. The molecule has 0 saturated carbocycles. The van der Waals surface area contributed by atoms with Crippen molar-refractivity contribution >= 4 is 53.9 Å². The predicted molar refractivity (Wildman–Crippen MR) is 184 cm³/mol. The van der Waals surface area contributed by atoms with E-state index in [0.29, 0.717) is 76.3 Å². The molecule has 9 rings (SSSR count). The Morgan fingerprint density at radius 1 is 0.451 bits per heavy atom. The number of aromatic nitrogens is 1. The molecule has 9 heteroatoms. The molecule has 0 aliphatic rings. The van der Waals surface area contributed by atoms with Crippen molar-refractivity contribution in [3.05, 3.63) is 150 Å². The summed E-state index contributed by atoms with van der Waals surface area (Å²) in [6.45, 7) is 0. The van der Waals surface area contributed by atoms with Gasteiger partial charge in [0.2, 0.25) is 0 Å². The number of benzene rings is 8. The van der Waals surface area contributed by atoms with Crippen LogP contribution in [0.5, 0.6) is 0 Å². The van der Waals surface area contributed by atoms with Gasteiger partial charge in [0.05, 0.1) is 0 Å². The molecule has 0 unspecified atom stereocenters. The fraction of sp³-hybridized carbons (Fsp3) is 0.0238. The Morgan fingerprint density at radius 3 is 1.80 bits per heavy atom. The van der Waals surface area contributed by atoms with Crippen LogP contribution in [-0.4, -0.2) is 4.98 Å². The zero-order chi connectivity index (χ0) is 35.3. The predicted octanol–water partition coefficient (Wildman–Crippen LogP) is 13.0. The lowest BCUT2D eigenvalue weighted by Crippen LogP contribution is -2.07. The van der Waals surface area contributed by atoms with Gasteiger partial charge in [-0.3, -0.25) is 4.98 Å². The third kappa shape index (κ3) is 4.64. The molecule has 0 bridgehead atoms. The number of pyridine rings is 1. The van der Waals surface area contributed by atoms with Gasteiger partial charge >= 0.3 is 6.18 Å². The molecular weight excluding hydrogens is 670 g/mol. The van der Waals surface area contributed by atoms with Crippen LogP contribution < -0.4 is 0 Å². The number of rotatable bonds is 3. The summed E-state index contributed by atoms with van der Waals surface area (Å²) >= 11 is 0. The van der Waals surface area contributed by atoms with Gasteiger partial charge in [-0.25, -0.2) is 22.0 Å². The van der Waals surface area contributed by atoms with Crippen LogP contribution in [0.25, 0.3) is 87.2 Å². The van der Waals surface area contributed by atoms with Gasteiger partial charge in [0.25, 0.3) is 0 Å². The van der Waals surface area contributed by atoms with Gasteiger partial charge in [0.15, 0.2) is 17.5 Å². The summed E-state index contributed by atoms with van der Waals surface area (Å²) in [6, 6.07) is 27.3. The molecule has 0 saturated heterocycles. The van der Waals surface area contributed by atoms with Gasteiger partial charge in [0.1, 0.15) is 17.3 Å². The topological polar surface area (TPSA) is 12.9 Å². The maximum atomic E-state index is 16.0. The quantitative estimate of drug-likeness (QED) is 0.0779. The first kappa shape index (κ1) is 30.9. The van der Waals surface area contributed by atoms with Crippen LogP contribution >= 0.6 is 0 Å². The van der Waals surface area contributed by atoms with E-state index in [-0.39, 0.29) is 5.56 Å². The van der Waals surface area contributed by atoms with Crippen molar-refractivity contribution in [1.29, 1.82) is 0 Å². The number of nitrogens with zero attached hydrogens (tertiary/aromatic N) is 1. The molecule has 1 aromatic heterocycles. The lowest BCUT2D eigenvalue weighted by atomic mass is 9.83. The summed E-state index contributed by atoms with van der Waals surface area (Å²) < 4.78 is 114. The third-order valence-corrected chi connectivity index (χ3v) is 9.62. The molecule has 0 atom stereocenters. The molecule has 248 valence electrons. The van der Waals surface area contributed by atoms with E-state index in [1.807, 2.05) is 24.3 Å². The van der Waals surface area contributed by atoms with Crippen molar-refractivity contribution in [2.75, 3.05) is 0 Å². The molecule has 0 aliphatic heterocycles. The highest BCUT2D eigenvalue weighted by Gasteiger charge is 2.32. The molecule has 0 spiro atoms. The smallest absolute Gasteiger partial charge is 0.251 e. The summed E-state index contributed by atoms with van der Waals surface area (Å²) in [7, 11) is 0. The largest absolute Gasteiger partial charge is 0.433 e. The molecule has 0 radical (unpaired) electrons. The zero-order valence-corrected chi connectivity index (χ0v) is 25.9. The maximum absolute atomic E-state index is 16.0. The van der Waals surface area contributed by atoms with Crippen LogP contribution in [0.15, 0.2) is 115 Å². The number of alkyl halides is 3. The number of fused-ring (bicyclic) bond motifs is 2. The fourth-order valence-corrected chi connectivity index (χ4v) is 7.48. The second kappa shape index (κ2) is 11.0. The van der Waals surface area contributed by atoms with Crippen LogP contribution in [0.4, 0.5) is 35.1 Å². The molecule has 51 heavy (non-hydrogen) atoms.